The molecule has 6 heteroatoms. The highest BCUT2D eigenvalue weighted by atomic mass is 15.2. The van der Waals surface area contributed by atoms with E-state index in [4.69, 9.17) is 15.0 Å². The van der Waals surface area contributed by atoms with E-state index in [0.29, 0.717) is 17.9 Å². The summed E-state index contributed by atoms with van der Waals surface area (Å²) in [5, 5.41) is 7.13. The number of allylic oxidation sites excluding steroid dienone is 3. The summed E-state index contributed by atoms with van der Waals surface area (Å²) in [6.07, 6.45) is 28.4. The van der Waals surface area contributed by atoms with Crippen LogP contribution in [-0.2, 0) is 0 Å². The standard InChI is InChI=1S/C28H46N6/c1-3-16-24(21-22-29-2)30-27-32-26(23-17-12-8-5-4-6-9-13-18-23)33-28(34-27)31-25-19-14-10-7-11-15-20-25/h3,16,21-23,25H,4-15,17-20H2,1-2H3,(H2,30,31,32,33,34)/b16-3-,24-21+,29-22?. The van der Waals surface area contributed by atoms with Crippen molar-refractivity contribution in [1.29, 1.82) is 0 Å². The van der Waals surface area contributed by atoms with Gasteiger partial charge in [-0.1, -0.05) is 83.1 Å². The molecular weight excluding hydrogens is 420 g/mol. The van der Waals surface area contributed by atoms with Gasteiger partial charge in [0.2, 0.25) is 11.9 Å². The minimum atomic E-state index is 0.408. The van der Waals surface area contributed by atoms with Gasteiger partial charge in [-0.25, -0.2) is 0 Å². The second-order valence-corrected chi connectivity index (χ2v) is 9.93. The zero-order valence-electron chi connectivity index (χ0n) is 21.6. The van der Waals surface area contributed by atoms with Crippen LogP contribution in [0.1, 0.15) is 121 Å². The fourth-order valence-corrected chi connectivity index (χ4v) is 5.15. The second-order valence-electron chi connectivity index (χ2n) is 9.93. The minimum absolute atomic E-state index is 0.408. The molecule has 188 valence electrons. The van der Waals surface area contributed by atoms with Crippen LogP contribution in [0.5, 0.6) is 0 Å². The van der Waals surface area contributed by atoms with Gasteiger partial charge in [-0.2, -0.15) is 15.0 Å². The zero-order chi connectivity index (χ0) is 23.8. The van der Waals surface area contributed by atoms with E-state index in [9.17, 15) is 0 Å². The van der Waals surface area contributed by atoms with Crippen molar-refractivity contribution < 1.29 is 0 Å². The van der Waals surface area contributed by atoms with Crippen molar-refractivity contribution in [2.24, 2.45) is 4.99 Å². The van der Waals surface area contributed by atoms with Gasteiger partial charge in [-0.3, -0.25) is 4.99 Å². The Morgan fingerprint density at radius 3 is 1.91 bits per heavy atom. The van der Waals surface area contributed by atoms with E-state index in [1.165, 1.54) is 103 Å². The van der Waals surface area contributed by atoms with Crippen LogP contribution < -0.4 is 10.6 Å². The van der Waals surface area contributed by atoms with Gasteiger partial charge in [-0.05, 0) is 44.8 Å². The third-order valence-corrected chi connectivity index (χ3v) is 7.07. The molecule has 1 aromatic heterocycles. The Balaban J connectivity index is 1.85. The molecule has 0 saturated heterocycles. The van der Waals surface area contributed by atoms with Crippen LogP contribution in [0.15, 0.2) is 28.9 Å². The van der Waals surface area contributed by atoms with Crippen molar-refractivity contribution in [3.63, 3.8) is 0 Å². The Labute approximate surface area is 207 Å². The highest BCUT2D eigenvalue weighted by molar-refractivity contribution is 5.74. The Hall–Kier alpha value is -2.24. The molecule has 0 radical (unpaired) electrons. The van der Waals surface area contributed by atoms with Gasteiger partial charge in [0, 0.05) is 30.9 Å². The Morgan fingerprint density at radius 1 is 0.765 bits per heavy atom. The van der Waals surface area contributed by atoms with Gasteiger partial charge in [0.05, 0.1) is 0 Å². The molecule has 2 fully saturated rings. The molecular formula is C28H46N6. The fraction of sp³-hybridized carbons (Fsp3) is 0.714. The largest absolute Gasteiger partial charge is 0.351 e. The number of hydrogen-bond acceptors (Lipinski definition) is 6. The molecule has 1 heterocycles. The summed E-state index contributed by atoms with van der Waals surface area (Å²) in [4.78, 5) is 18.9. The van der Waals surface area contributed by atoms with Crippen molar-refractivity contribution in [3.8, 4) is 0 Å². The van der Waals surface area contributed by atoms with E-state index in [-0.39, 0.29) is 0 Å². The quantitative estimate of drug-likeness (QED) is 0.320. The van der Waals surface area contributed by atoms with E-state index < -0.39 is 0 Å². The maximum absolute atomic E-state index is 5.01. The smallest absolute Gasteiger partial charge is 0.232 e. The van der Waals surface area contributed by atoms with Crippen molar-refractivity contribution in [2.45, 2.75) is 122 Å². The van der Waals surface area contributed by atoms with Crippen molar-refractivity contribution in [3.05, 3.63) is 29.7 Å². The van der Waals surface area contributed by atoms with Crippen LogP contribution in [0.3, 0.4) is 0 Å². The van der Waals surface area contributed by atoms with Crippen LogP contribution in [0.4, 0.5) is 11.9 Å². The molecule has 1 aromatic rings. The van der Waals surface area contributed by atoms with Gasteiger partial charge in [0.15, 0.2) is 0 Å². The van der Waals surface area contributed by atoms with Gasteiger partial charge in [0.1, 0.15) is 5.82 Å². The first-order valence-electron chi connectivity index (χ1n) is 13.8. The lowest BCUT2D eigenvalue weighted by Crippen LogP contribution is -2.23. The third kappa shape index (κ3) is 9.55. The van der Waals surface area contributed by atoms with Crippen molar-refractivity contribution in [2.75, 3.05) is 17.7 Å². The monoisotopic (exact) mass is 466 g/mol. The Bertz CT molecular complexity index is 782. The number of hydrogen-bond donors (Lipinski definition) is 2. The van der Waals surface area contributed by atoms with E-state index in [0.717, 1.165) is 17.5 Å². The Morgan fingerprint density at radius 2 is 1.32 bits per heavy atom. The van der Waals surface area contributed by atoms with Gasteiger partial charge >= 0.3 is 0 Å². The number of aromatic nitrogens is 3. The first-order chi connectivity index (χ1) is 16.8. The fourth-order valence-electron chi connectivity index (χ4n) is 5.15. The summed E-state index contributed by atoms with van der Waals surface area (Å²) in [5.41, 5.74) is 0.924. The lowest BCUT2D eigenvalue weighted by atomic mass is 9.91. The molecule has 6 nitrogen and oxygen atoms in total. The van der Waals surface area contributed by atoms with Crippen molar-refractivity contribution >= 4 is 18.1 Å². The summed E-state index contributed by atoms with van der Waals surface area (Å²) in [6, 6.07) is 0.449. The maximum atomic E-state index is 5.01. The molecule has 34 heavy (non-hydrogen) atoms. The van der Waals surface area contributed by atoms with E-state index >= 15 is 0 Å². The van der Waals surface area contributed by atoms with Gasteiger partial charge < -0.3 is 10.6 Å². The number of rotatable bonds is 7. The van der Waals surface area contributed by atoms with Crippen LogP contribution in [0.2, 0.25) is 0 Å². The molecule has 2 saturated carbocycles. The maximum Gasteiger partial charge on any atom is 0.232 e. The molecule has 0 bridgehead atoms. The van der Waals surface area contributed by atoms with Gasteiger partial charge in [0.25, 0.3) is 0 Å². The molecule has 2 aliphatic carbocycles. The second kappa shape index (κ2) is 15.6. The predicted molar refractivity (Wildman–Crippen MR) is 145 cm³/mol. The third-order valence-electron chi connectivity index (χ3n) is 7.07. The number of nitrogens with zero attached hydrogens (tertiary/aromatic N) is 4. The Kier molecular flexibility index (Phi) is 12.1. The summed E-state index contributed by atoms with van der Waals surface area (Å²) >= 11 is 0. The number of aliphatic imine (C=N–C) groups is 1. The molecule has 0 atom stereocenters. The summed E-state index contributed by atoms with van der Waals surface area (Å²) in [7, 11) is 1.78. The van der Waals surface area contributed by atoms with E-state index in [2.05, 4.69) is 15.6 Å². The average Bonchev–Trinajstić information content (AvgIpc) is 2.82. The predicted octanol–water partition coefficient (Wildman–Crippen LogP) is 7.58. The van der Waals surface area contributed by atoms with Crippen LogP contribution in [0, 0.1) is 0 Å². The number of nitrogens with one attached hydrogen (secondary N) is 2. The van der Waals surface area contributed by atoms with Crippen LogP contribution in [0.25, 0.3) is 0 Å². The molecule has 3 rings (SSSR count). The summed E-state index contributed by atoms with van der Waals surface area (Å²) in [5.74, 6) is 2.73. The van der Waals surface area contributed by atoms with Crippen LogP contribution in [-0.4, -0.2) is 34.3 Å². The van der Waals surface area contributed by atoms with E-state index in [1.54, 1.807) is 13.3 Å². The SMILES string of the molecule is C/C=C\C(=C/C=NC)Nc1nc(NC2CCCCCCC2)nc(C2CCCCCCCCC2)n1. The van der Waals surface area contributed by atoms with E-state index in [1.807, 2.05) is 25.2 Å². The first-order valence-corrected chi connectivity index (χ1v) is 13.8. The molecule has 2 aliphatic rings. The molecule has 0 unspecified atom stereocenters. The molecule has 0 aromatic carbocycles. The normalized spacial score (nSPS) is 20.8. The number of anilines is 2. The topological polar surface area (TPSA) is 75.1 Å². The van der Waals surface area contributed by atoms with Gasteiger partial charge in [-0.15, -0.1) is 0 Å². The molecule has 0 spiro atoms. The lowest BCUT2D eigenvalue weighted by molar-refractivity contribution is 0.448. The highest BCUT2D eigenvalue weighted by Gasteiger charge is 2.20. The lowest BCUT2D eigenvalue weighted by Gasteiger charge is -2.23. The van der Waals surface area contributed by atoms with Crippen LogP contribution >= 0.6 is 0 Å². The molecule has 2 N–H and O–H groups in total. The minimum Gasteiger partial charge on any atom is -0.351 e. The average molecular weight is 467 g/mol. The summed E-state index contributed by atoms with van der Waals surface area (Å²) < 4.78 is 0. The molecule has 0 aliphatic heterocycles. The first kappa shape index (κ1) is 26.4. The highest BCUT2D eigenvalue weighted by Crippen LogP contribution is 2.29. The zero-order valence-corrected chi connectivity index (χ0v) is 21.6. The van der Waals surface area contributed by atoms with Crippen molar-refractivity contribution in [1.82, 2.24) is 15.0 Å². The molecule has 0 amide bonds. The summed E-state index contributed by atoms with van der Waals surface area (Å²) in [6.45, 7) is 2.01.